The molecule has 90 valence electrons. The van der Waals surface area contributed by atoms with Gasteiger partial charge < -0.3 is 10.5 Å². The van der Waals surface area contributed by atoms with E-state index < -0.39 is 0 Å². The van der Waals surface area contributed by atoms with Crippen LogP contribution >= 0.6 is 11.8 Å². The van der Waals surface area contributed by atoms with Crippen LogP contribution in [0.25, 0.3) is 0 Å². The van der Waals surface area contributed by atoms with Crippen LogP contribution in [0.2, 0.25) is 0 Å². The molecule has 2 rings (SSSR count). The second kappa shape index (κ2) is 5.48. The highest BCUT2D eigenvalue weighted by atomic mass is 32.2. The van der Waals surface area contributed by atoms with Crippen LogP contribution in [0.1, 0.15) is 5.56 Å². The van der Waals surface area contributed by atoms with Crippen LogP contribution in [-0.2, 0) is 0 Å². The van der Waals surface area contributed by atoms with Crippen LogP contribution in [0.3, 0.4) is 0 Å². The molecule has 18 heavy (non-hydrogen) atoms. The maximum atomic E-state index is 9.02. The second-order valence-electron chi connectivity index (χ2n) is 3.64. The Morgan fingerprint density at radius 1 is 1.11 bits per heavy atom. The Labute approximate surface area is 110 Å². The van der Waals surface area contributed by atoms with E-state index in [4.69, 9.17) is 15.7 Å². The second-order valence-corrected chi connectivity index (χ2v) is 4.79. The van der Waals surface area contributed by atoms with E-state index in [1.807, 2.05) is 36.4 Å². The third kappa shape index (κ3) is 2.76. The van der Waals surface area contributed by atoms with Gasteiger partial charge in [-0.25, -0.2) is 0 Å². The average molecular weight is 256 g/mol. The number of nitrogen functional groups attached to an aromatic ring is 1. The molecule has 0 spiro atoms. The van der Waals surface area contributed by atoms with Crippen molar-refractivity contribution in [2.75, 3.05) is 12.8 Å². The van der Waals surface area contributed by atoms with Crippen molar-refractivity contribution >= 4 is 17.4 Å². The molecule has 4 heteroatoms. The minimum absolute atomic E-state index is 0.540. The highest BCUT2D eigenvalue weighted by Crippen LogP contribution is 2.31. The number of nitrogens with zero attached hydrogens (tertiary/aromatic N) is 1. The van der Waals surface area contributed by atoms with Gasteiger partial charge in [0.1, 0.15) is 11.8 Å². The predicted octanol–water partition coefficient (Wildman–Crippen LogP) is 3.30. The van der Waals surface area contributed by atoms with Crippen LogP contribution in [0, 0.1) is 11.3 Å². The van der Waals surface area contributed by atoms with Gasteiger partial charge in [0.05, 0.1) is 12.7 Å². The van der Waals surface area contributed by atoms with Gasteiger partial charge in [-0.15, -0.1) is 0 Å². The first-order valence-corrected chi connectivity index (χ1v) is 6.16. The first-order chi connectivity index (χ1) is 8.72. The fraction of sp³-hybridized carbons (Fsp3) is 0.0714. The Bertz CT molecular complexity index is 588. The van der Waals surface area contributed by atoms with Gasteiger partial charge in [0, 0.05) is 15.5 Å². The summed E-state index contributed by atoms with van der Waals surface area (Å²) in [5.74, 6) is 0.596. The van der Waals surface area contributed by atoms with E-state index in [1.54, 1.807) is 24.9 Å². The molecule has 0 heterocycles. The fourth-order valence-corrected chi connectivity index (χ4v) is 2.37. The van der Waals surface area contributed by atoms with Crippen molar-refractivity contribution in [3.63, 3.8) is 0 Å². The van der Waals surface area contributed by atoms with Crippen molar-refractivity contribution < 1.29 is 4.74 Å². The fourth-order valence-electron chi connectivity index (χ4n) is 1.51. The standard InChI is InChI=1S/C14H12N2OS/c1-17-14-7-6-13(8-10(14)9-15)18-12-4-2-11(16)3-5-12/h2-8H,16H2,1H3. The molecule has 0 saturated carbocycles. The molecule has 0 unspecified atom stereocenters. The molecule has 2 aromatic carbocycles. The maximum Gasteiger partial charge on any atom is 0.136 e. The van der Waals surface area contributed by atoms with Crippen LogP contribution in [0.5, 0.6) is 5.75 Å². The Balaban J connectivity index is 2.25. The largest absolute Gasteiger partial charge is 0.495 e. The minimum Gasteiger partial charge on any atom is -0.495 e. The molecule has 0 amide bonds. The summed E-state index contributed by atoms with van der Waals surface area (Å²) >= 11 is 1.58. The zero-order chi connectivity index (χ0) is 13.0. The molecule has 0 fully saturated rings. The number of anilines is 1. The molecule has 3 nitrogen and oxygen atoms in total. The quantitative estimate of drug-likeness (QED) is 0.856. The summed E-state index contributed by atoms with van der Waals surface area (Å²) < 4.78 is 5.11. The van der Waals surface area contributed by atoms with Gasteiger partial charge in [-0.1, -0.05) is 11.8 Å². The maximum absolute atomic E-state index is 9.02. The lowest BCUT2D eigenvalue weighted by Gasteiger charge is -2.06. The highest BCUT2D eigenvalue weighted by molar-refractivity contribution is 7.99. The molecule has 0 atom stereocenters. The smallest absolute Gasteiger partial charge is 0.136 e. The van der Waals surface area contributed by atoms with E-state index in [2.05, 4.69) is 6.07 Å². The number of nitrogens with two attached hydrogens (primary N) is 1. The summed E-state index contributed by atoms with van der Waals surface area (Å²) in [4.78, 5) is 2.08. The zero-order valence-electron chi connectivity index (χ0n) is 9.88. The van der Waals surface area contributed by atoms with Crippen molar-refractivity contribution in [3.05, 3.63) is 48.0 Å². The Morgan fingerprint density at radius 3 is 2.39 bits per heavy atom. The molecule has 0 radical (unpaired) electrons. The number of rotatable bonds is 3. The lowest BCUT2D eigenvalue weighted by Crippen LogP contribution is -1.88. The van der Waals surface area contributed by atoms with Gasteiger partial charge in [0.25, 0.3) is 0 Å². The number of hydrogen-bond acceptors (Lipinski definition) is 4. The molecule has 0 saturated heterocycles. The number of methoxy groups -OCH3 is 1. The monoisotopic (exact) mass is 256 g/mol. The Hall–Kier alpha value is -2.12. The van der Waals surface area contributed by atoms with Crippen molar-refractivity contribution in [3.8, 4) is 11.8 Å². The van der Waals surface area contributed by atoms with E-state index in [0.29, 0.717) is 11.3 Å². The van der Waals surface area contributed by atoms with Gasteiger partial charge in [0.2, 0.25) is 0 Å². The lowest BCUT2D eigenvalue weighted by atomic mass is 10.2. The molecule has 2 N–H and O–H groups in total. The molecule has 0 aliphatic carbocycles. The highest BCUT2D eigenvalue weighted by Gasteiger charge is 2.04. The zero-order valence-corrected chi connectivity index (χ0v) is 10.7. The third-order valence-electron chi connectivity index (χ3n) is 2.41. The molecule has 0 aliphatic rings. The van der Waals surface area contributed by atoms with Crippen molar-refractivity contribution in [2.24, 2.45) is 0 Å². The summed E-state index contributed by atoms with van der Waals surface area (Å²) in [6.45, 7) is 0. The van der Waals surface area contributed by atoms with Gasteiger partial charge in [0.15, 0.2) is 0 Å². The third-order valence-corrected chi connectivity index (χ3v) is 3.40. The van der Waals surface area contributed by atoms with Crippen LogP contribution in [-0.4, -0.2) is 7.11 Å². The lowest BCUT2D eigenvalue weighted by molar-refractivity contribution is 0.413. The molecule has 2 aromatic rings. The predicted molar refractivity (Wildman–Crippen MR) is 72.7 cm³/mol. The Kier molecular flexibility index (Phi) is 3.75. The van der Waals surface area contributed by atoms with E-state index in [-0.39, 0.29) is 0 Å². The van der Waals surface area contributed by atoms with Crippen molar-refractivity contribution in [2.45, 2.75) is 9.79 Å². The molecule has 0 bridgehead atoms. The SMILES string of the molecule is COc1ccc(Sc2ccc(N)cc2)cc1C#N. The van der Waals surface area contributed by atoms with Crippen LogP contribution in [0.15, 0.2) is 52.3 Å². The minimum atomic E-state index is 0.540. The number of benzene rings is 2. The first-order valence-electron chi connectivity index (χ1n) is 5.34. The normalized spacial score (nSPS) is 9.78. The summed E-state index contributed by atoms with van der Waals surface area (Å²) in [6.07, 6.45) is 0. The summed E-state index contributed by atoms with van der Waals surface area (Å²) in [7, 11) is 1.56. The van der Waals surface area contributed by atoms with Crippen molar-refractivity contribution in [1.29, 1.82) is 5.26 Å². The molecule has 0 aromatic heterocycles. The number of nitriles is 1. The summed E-state index contributed by atoms with van der Waals surface area (Å²) in [6, 6.07) is 15.3. The molecular weight excluding hydrogens is 244 g/mol. The summed E-state index contributed by atoms with van der Waals surface area (Å²) in [5, 5.41) is 9.02. The number of hydrogen-bond donors (Lipinski definition) is 1. The van der Waals surface area contributed by atoms with Gasteiger partial charge in [-0.3, -0.25) is 0 Å². The van der Waals surface area contributed by atoms with Crippen LogP contribution in [0.4, 0.5) is 5.69 Å². The molecule has 0 aliphatic heterocycles. The topological polar surface area (TPSA) is 59.0 Å². The van der Waals surface area contributed by atoms with Gasteiger partial charge >= 0.3 is 0 Å². The van der Waals surface area contributed by atoms with Gasteiger partial charge in [-0.2, -0.15) is 5.26 Å². The van der Waals surface area contributed by atoms with E-state index in [0.717, 1.165) is 15.5 Å². The average Bonchev–Trinajstić information content (AvgIpc) is 2.41. The van der Waals surface area contributed by atoms with Gasteiger partial charge in [-0.05, 0) is 42.5 Å². The van der Waals surface area contributed by atoms with E-state index in [9.17, 15) is 0 Å². The van der Waals surface area contributed by atoms with Crippen molar-refractivity contribution in [1.82, 2.24) is 0 Å². The van der Waals surface area contributed by atoms with Crippen LogP contribution < -0.4 is 10.5 Å². The van der Waals surface area contributed by atoms with E-state index in [1.165, 1.54) is 0 Å². The Morgan fingerprint density at radius 2 is 1.78 bits per heavy atom. The number of ether oxygens (including phenoxy) is 1. The first kappa shape index (κ1) is 12.3. The molecular formula is C14H12N2OS. The van der Waals surface area contributed by atoms with E-state index >= 15 is 0 Å². The summed E-state index contributed by atoms with van der Waals surface area (Å²) in [5.41, 5.74) is 6.92.